The molecule has 0 N–H and O–H groups in total. The molecule has 3 heteroatoms. The normalized spacial score (nSPS) is 11.9. The van der Waals surface area contributed by atoms with Crippen molar-refractivity contribution < 1.29 is 0 Å². The van der Waals surface area contributed by atoms with Gasteiger partial charge in [-0.25, -0.2) is 0 Å². The molecule has 0 unspecified atom stereocenters. The van der Waals surface area contributed by atoms with Crippen LogP contribution in [0.4, 0.5) is 0 Å². The van der Waals surface area contributed by atoms with Crippen LogP contribution in [0.5, 0.6) is 0 Å². The Morgan fingerprint density at radius 3 is 1.86 bits per heavy atom. The van der Waals surface area contributed by atoms with Crippen LogP contribution in [0.3, 0.4) is 0 Å². The second-order valence-corrected chi connectivity index (χ2v) is 9.25. The molecule has 3 heterocycles. The fraction of sp³-hybridized carbons (Fsp3) is 0. The van der Waals surface area contributed by atoms with Crippen LogP contribution < -0.4 is 0 Å². The van der Waals surface area contributed by atoms with Crippen molar-refractivity contribution in [2.45, 2.75) is 0 Å². The molecule has 36 heavy (non-hydrogen) atoms. The van der Waals surface area contributed by atoms with Crippen LogP contribution in [0, 0.1) is 0 Å². The smallest absolute Gasteiger partial charge is 0.0824 e. The van der Waals surface area contributed by atoms with Crippen LogP contribution in [0.25, 0.3) is 65.9 Å². The van der Waals surface area contributed by atoms with Gasteiger partial charge in [0.25, 0.3) is 0 Å². The average Bonchev–Trinajstić information content (AvgIpc) is 3.22. The topological polar surface area (TPSA) is 22.8 Å². The van der Waals surface area contributed by atoms with Crippen LogP contribution in [-0.2, 0) is 0 Å². The average molecular weight is 460 g/mol. The fourth-order valence-electron chi connectivity index (χ4n) is 5.88. The number of aromatic nitrogens is 3. The molecule has 3 aromatic heterocycles. The number of para-hydroxylation sites is 2. The zero-order valence-corrected chi connectivity index (χ0v) is 19.5. The first kappa shape index (κ1) is 19.4. The van der Waals surface area contributed by atoms with Crippen molar-refractivity contribution in [1.82, 2.24) is 14.1 Å². The largest absolute Gasteiger partial charge is 0.309 e. The molecule has 8 aromatic rings. The first-order chi connectivity index (χ1) is 17.9. The number of rotatable bonds is 2. The van der Waals surface area contributed by atoms with Crippen LogP contribution in [-0.4, -0.2) is 14.1 Å². The summed E-state index contributed by atoms with van der Waals surface area (Å²) in [7, 11) is 0. The van der Waals surface area contributed by atoms with E-state index in [2.05, 4.69) is 130 Å². The molecule has 0 spiro atoms. The first-order valence-electron chi connectivity index (χ1n) is 12.2. The van der Waals surface area contributed by atoms with Crippen molar-refractivity contribution >= 4 is 54.5 Å². The molecule has 0 bridgehead atoms. The minimum atomic E-state index is 1.03. The monoisotopic (exact) mass is 459 g/mol. The summed E-state index contributed by atoms with van der Waals surface area (Å²) >= 11 is 0. The van der Waals surface area contributed by atoms with Crippen molar-refractivity contribution in [1.29, 1.82) is 0 Å². The Labute approximate surface area is 207 Å². The number of benzene rings is 5. The minimum Gasteiger partial charge on any atom is -0.309 e. The van der Waals surface area contributed by atoms with Crippen LogP contribution in [0.1, 0.15) is 0 Å². The Morgan fingerprint density at radius 1 is 0.444 bits per heavy atom. The van der Waals surface area contributed by atoms with Gasteiger partial charge in [0.1, 0.15) is 0 Å². The summed E-state index contributed by atoms with van der Waals surface area (Å²) < 4.78 is 4.80. The maximum atomic E-state index is 5.02. The maximum Gasteiger partial charge on any atom is 0.0824 e. The van der Waals surface area contributed by atoms with E-state index in [1.165, 1.54) is 43.6 Å². The van der Waals surface area contributed by atoms with E-state index < -0.39 is 0 Å². The highest BCUT2D eigenvalue weighted by Crippen LogP contribution is 2.42. The fourth-order valence-corrected chi connectivity index (χ4v) is 5.88. The zero-order valence-electron chi connectivity index (χ0n) is 19.5. The Kier molecular flexibility index (Phi) is 3.94. The molecular formula is C33H21N3. The van der Waals surface area contributed by atoms with Gasteiger partial charge >= 0.3 is 0 Å². The molecular weight excluding hydrogens is 438 g/mol. The lowest BCUT2D eigenvalue weighted by Crippen LogP contribution is -1.99. The summed E-state index contributed by atoms with van der Waals surface area (Å²) in [5, 5.41) is 6.00. The number of hydrogen-bond donors (Lipinski definition) is 0. The molecule has 3 nitrogen and oxygen atoms in total. The number of fused-ring (bicyclic) bond motifs is 4. The lowest BCUT2D eigenvalue weighted by molar-refractivity contribution is 1.16. The molecule has 0 aliphatic rings. The van der Waals surface area contributed by atoms with Crippen LogP contribution in [0.15, 0.2) is 128 Å². The molecule has 0 aliphatic carbocycles. The maximum absolute atomic E-state index is 5.02. The summed E-state index contributed by atoms with van der Waals surface area (Å²) in [5.74, 6) is 0. The van der Waals surface area contributed by atoms with Crippen molar-refractivity contribution in [3.05, 3.63) is 128 Å². The third-order valence-electron chi connectivity index (χ3n) is 7.33. The molecule has 0 aliphatic heterocycles. The van der Waals surface area contributed by atoms with Crippen molar-refractivity contribution in [2.24, 2.45) is 0 Å². The number of nitrogens with zero attached hydrogens (tertiary/aromatic N) is 3. The van der Waals surface area contributed by atoms with Crippen molar-refractivity contribution in [3.8, 4) is 11.4 Å². The third kappa shape index (κ3) is 2.54. The predicted octanol–water partition coefficient (Wildman–Crippen LogP) is 8.43. The number of hydrogen-bond acceptors (Lipinski definition) is 1. The predicted molar refractivity (Wildman–Crippen MR) is 150 cm³/mol. The lowest BCUT2D eigenvalue weighted by atomic mass is 10.0. The molecule has 168 valence electrons. The van der Waals surface area contributed by atoms with Gasteiger partial charge in [-0.05, 0) is 47.9 Å². The Bertz CT molecular complexity index is 2080. The van der Waals surface area contributed by atoms with Crippen molar-refractivity contribution in [3.63, 3.8) is 0 Å². The zero-order chi connectivity index (χ0) is 23.6. The van der Waals surface area contributed by atoms with E-state index in [9.17, 15) is 0 Å². The highest BCUT2D eigenvalue weighted by Gasteiger charge is 2.21. The second-order valence-electron chi connectivity index (χ2n) is 9.25. The van der Waals surface area contributed by atoms with Gasteiger partial charge in [-0.15, -0.1) is 0 Å². The Morgan fingerprint density at radius 2 is 1.08 bits per heavy atom. The molecule has 0 saturated carbocycles. The summed E-state index contributed by atoms with van der Waals surface area (Å²) in [4.78, 5) is 5.02. The van der Waals surface area contributed by atoms with Gasteiger partial charge in [-0.2, -0.15) is 0 Å². The summed E-state index contributed by atoms with van der Waals surface area (Å²) in [5.41, 5.74) is 8.01. The van der Waals surface area contributed by atoms with Crippen LogP contribution >= 0.6 is 0 Å². The SMILES string of the molecule is c1ccc(-n2c3ccnc4c5ccc6ccccc6c5n(-c5ccccc5)c5cccc2c5c43)cc1. The molecule has 5 aromatic carbocycles. The van der Waals surface area contributed by atoms with Gasteiger partial charge in [0.2, 0.25) is 0 Å². The van der Waals surface area contributed by atoms with Crippen LogP contribution in [0.2, 0.25) is 0 Å². The van der Waals surface area contributed by atoms with E-state index in [0.717, 1.165) is 22.3 Å². The summed E-state index contributed by atoms with van der Waals surface area (Å²) in [6.45, 7) is 0. The summed E-state index contributed by atoms with van der Waals surface area (Å²) in [6, 6.07) is 43.2. The van der Waals surface area contributed by atoms with Gasteiger partial charge in [-0.3, -0.25) is 4.98 Å². The Hall–Kier alpha value is -4.89. The molecule has 0 fully saturated rings. The second kappa shape index (κ2) is 7.30. The highest BCUT2D eigenvalue weighted by molar-refractivity contribution is 6.28. The summed E-state index contributed by atoms with van der Waals surface area (Å²) in [6.07, 6.45) is 1.95. The molecule has 0 saturated heterocycles. The van der Waals surface area contributed by atoms with Gasteiger partial charge in [0.15, 0.2) is 0 Å². The Balaban J connectivity index is 1.75. The molecule has 0 radical (unpaired) electrons. The third-order valence-corrected chi connectivity index (χ3v) is 7.33. The van der Waals surface area contributed by atoms with Gasteiger partial charge in [0.05, 0.1) is 27.6 Å². The molecule has 0 amide bonds. The first-order valence-corrected chi connectivity index (χ1v) is 12.2. The van der Waals surface area contributed by atoms with E-state index in [4.69, 9.17) is 4.98 Å². The minimum absolute atomic E-state index is 1.03. The van der Waals surface area contributed by atoms with E-state index in [1.54, 1.807) is 0 Å². The number of pyridine rings is 1. The molecule has 0 atom stereocenters. The molecule has 8 rings (SSSR count). The van der Waals surface area contributed by atoms with Gasteiger partial charge < -0.3 is 9.13 Å². The lowest BCUT2D eigenvalue weighted by Gasteiger charge is -2.15. The van der Waals surface area contributed by atoms with E-state index >= 15 is 0 Å². The standard InChI is InChI=1S/C33H21N3/c1-3-11-23(12-4-1)35-27-16-9-17-28-30(27)31-29(35)20-21-34-32(31)26-19-18-22-10-7-8-15-25(22)33(26)36(28)24-13-5-2-6-14-24/h1-21H. The van der Waals surface area contributed by atoms with Gasteiger partial charge in [-0.1, -0.05) is 78.9 Å². The highest BCUT2D eigenvalue weighted by atomic mass is 15.0. The van der Waals surface area contributed by atoms with E-state index in [1.807, 2.05) is 6.20 Å². The quantitative estimate of drug-likeness (QED) is 0.254. The van der Waals surface area contributed by atoms with E-state index in [-0.39, 0.29) is 0 Å². The van der Waals surface area contributed by atoms with Gasteiger partial charge in [0, 0.05) is 39.1 Å². The van der Waals surface area contributed by atoms with E-state index in [0.29, 0.717) is 0 Å². The van der Waals surface area contributed by atoms with Crippen molar-refractivity contribution in [2.75, 3.05) is 0 Å².